The van der Waals surface area contributed by atoms with Crippen LogP contribution in [0.5, 0.6) is 0 Å². The Bertz CT molecular complexity index is 1020. The summed E-state index contributed by atoms with van der Waals surface area (Å²) in [4.78, 5) is 7.20. The summed E-state index contributed by atoms with van der Waals surface area (Å²) in [6, 6.07) is 12.8. The molecule has 0 unspecified atom stereocenters. The zero-order valence-corrected chi connectivity index (χ0v) is 19.3. The molecule has 1 N–H and O–H groups in total. The summed E-state index contributed by atoms with van der Waals surface area (Å²) >= 11 is 6.59. The average Bonchev–Trinajstić information content (AvgIpc) is 3.16. The van der Waals surface area contributed by atoms with E-state index in [4.69, 9.17) is 21.4 Å². The number of rotatable bonds is 7. The van der Waals surface area contributed by atoms with Crippen molar-refractivity contribution in [2.45, 2.75) is 44.7 Å². The molecule has 1 aromatic carbocycles. The molecule has 0 spiro atoms. The maximum atomic E-state index is 6.59. The molecule has 2 aliphatic heterocycles. The zero-order valence-electron chi connectivity index (χ0n) is 18.5. The van der Waals surface area contributed by atoms with Crippen molar-refractivity contribution in [3.63, 3.8) is 0 Å². The smallest absolute Gasteiger partial charge is 0.161 e. The monoisotopic (exact) mass is 453 g/mol. The van der Waals surface area contributed by atoms with Gasteiger partial charge in [0.1, 0.15) is 0 Å². The van der Waals surface area contributed by atoms with Crippen LogP contribution in [0.2, 0.25) is 5.15 Å². The van der Waals surface area contributed by atoms with E-state index in [1.165, 1.54) is 24.1 Å². The highest BCUT2D eigenvalue weighted by molar-refractivity contribution is 6.30. The third kappa shape index (κ3) is 4.99. The predicted octanol–water partition coefficient (Wildman–Crippen LogP) is 4.28. The van der Waals surface area contributed by atoms with Crippen molar-refractivity contribution < 1.29 is 4.74 Å². The molecule has 5 rings (SSSR count). The van der Waals surface area contributed by atoms with Gasteiger partial charge < -0.3 is 10.1 Å². The normalized spacial score (nSPS) is 20.7. The highest BCUT2D eigenvalue weighted by Gasteiger charge is 2.25. The first-order valence-corrected chi connectivity index (χ1v) is 12.2. The van der Waals surface area contributed by atoms with Gasteiger partial charge in [-0.25, -0.2) is 9.50 Å². The van der Waals surface area contributed by atoms with Gasteiger partial charge in [-0.15, -0.1) is 0 Å². The molecular weight excluding hydrogens is 422 g/mol. The molecule has 2 aliphatic rings. The quantitative estimate of drug-likeness (QED) is 0.578. The van der Waals surface area contributed by atoms with E-state index in [2.05, 4.69) is 51.6 Å². The maximum absolute atomic E-state index is 6.59. The molecule has 32 heavy (non-hydrogen) atoms. The van der Waals surface area contributed by atoms with Gasteiger partial charge in [0.05, 0.1) is 5.69 Å². The van der Waals surface area contributed by atoms with Gasteiger partial charge in [0, 0.05) is 50.5 Å². The van der Waals surface area contributed by atoms with Gasteiger partial charge in [-0.3, -0.25) is 4.90 Å². The second-order valence-electron chi connectivity index (χ2n) is 9.12. The fourth-order valence-electron chi connectivity index (χ4n) is 5.08. The van der Waals surface area contributed by atoms with E-state index in [9.17, 15) is 0 Å². The number of piperidine rings is 1. The Morgan fingerprint density at radius 2 is 1.94 bits per heavy atom. The van der Waals surface area contributed by atoms with E-state index in [-0.39, 0.29) is 0 Å². The van der Waals surface area contributed by atoms with Crippen molar-refractivity contribution in [2.75, 3.05) is 32.8 Å². The number of hydrogen-bond acceptors (Lipinski definition) is 5. The van der Waals surface area contributed by atoms with Crippen LogP contribution in [-0.4, -0.2) is 52.3 Å². The van der Waals surface area contributed by atoms with E-state index >= 15 is 0 Å². The SMILES string of the molecule is Clc1nn2c([C@H]3CCCN(Cc4ccccc4)C3)ccnc2c1CNCC1CCOCC1. The molecule has 6 nitrogen and oxygen atoms in total. The van der Waals surface area contributed by atoms with E-state index in [1.807, 2.05) is 10.7 Å². The van der Waals surface area contributed by atoms with Crippen LogP contribution in [0.4, 0.5) is 0 Å². The summed E-state index contributed by atoms with van der Waals surface area (Å²) in [5.41, 5.74) is 4.46. The first-order valence-electron chi connectivity index (χ1n) is 11.8. The zero-order chi connectivity index (χ0) is 21.8. The fourth-order valence-corrected chi connectivity index (χ4v) is 5.30. The van der Waals surface area contributed by atoms with Crippen LogP contribution in [0.25, 0.3) is 5.65 Å². The number of halogens is 1. The van der Waals surface area contributed by atoms with Gasteiger partial charge in [0.15, 0.2) is 10.8 Å². The third-order valence-electron chi connectivity index (χ3n) is 6.84. The lowest BCUT2D eigenvalue weighted by molar-refractivity contribution is 0.0662. The molecule has 2 saturated heterocycles. The Balaban J connectivity index is 1.29. The minimum Gasteiger partial charge on any atom is -0.381 e. The minimum atomic E-state index is 0.428. The van der Waals surface area contributed by atoms with Gasteiger partial charge in [-0.2, -0.15) is 5.10 Å². The van der Waals surface area contributed by atoms with Gasteiger partial charge in [-0.05, 0) is 56.3 Å². The Hall–Kier alpha value is -1.99. The molecule has 0 amide bonds. The number of benzene rings is 1. The van der Waals surface area contributed by atoms with Crippen molar-refractivity contribution in [3.05, 3.63) is 64.6 Å². The molecule has 0 bridgehead atoms. The van der Waals surface area contributed by atoms with E-state index in [0.29, 0.717) is 23.5 Å². The first-order chi connectivity index (χ1) is 15.8. The molecule has 1 atom stereocenters. The molecule has 7 heteroatoms. The molecule has 2 aromatic heterocycles. The van der Waals surface area contributed by atoms with Gasteiger partial charge in [0.2, 0.25) is 0 Å². The Labute approximate surface area is 194 Å². The van der Waals surface area contributed by atoms with Crippen LogP contribution in [0.15, 0.2) is 42.6 Å². The number of nitrogens with zero attached hydrogens (tertiary/aromatic N) is 4. The third-order valence-corrected chi connectivity index (χ3v) is 7.15. The van der Waals surface area contributed by atoms with Crippen molar-refractivity contribution >= 4 is 17.2 Å². The van der Waals surface area contributed by atoms with Crippen LogP contribution < -0.4 is 5.32 Å². The lowest BCUT2D eigenvalue weighted by Crippen LogP contribution is -2.34. The molecule has 3 aromatic rings. The van der Waals surface area contributed by atoms with Crippen molar-refractivity contribution in [3.8, 4) is 0 Å². The van der Waals surface area contributed by atoms with Gasteiger partial charge in [0.25, 0.3) is 0 Å². The predicted molar refractivity (Wildman–Crippen MR) is 127 cm³/mol. The lowest BCUT2D eigenvalue weighted by atomic mass is 9.94. The van der Waals surface area contributed by atoms with Gasteiger partial charge >= 0.3 is 0 Å². The largest absolute Gasteiger partial charge is 0.381 e. The van der Waals surface area contributed by atoms with Gasteiger partial charge in [-0.1, -0.05) is 41.9 Å². The summed E-state index contributed by atoms with van der Waals surface area (Å²) in [7, 11) is 0. The van der Waals surface area contributed by atoms with E-state index in [1.54, 1.807) is 0 Å². The Kier molecular flexibility index (Phi) is 7.03. The average molecular weight is 454 g/mol. The second-order valence-corrected chi connectivity index (χ2v) is 9.48. The summed E-state index contributed by atoms with van der Waals surface area (Å²) in [5.74, 6) is 1.10. The van der Waals surface area contributed by atoms with Crippen molar-refractivity contribution in [2.24, 2.45) is 5.92 Å². The summed E-state index contributed by atoms with van der Waals surface area (Å²) in [5, 5.41) is 8.84. The summed E-state index contributed by atoms with van der Waals surface area (Å²) < 4.78 is 7.46. The Morgan fingerprint density at radius 1 is 1.09 bits per heavy atom. The van der Waals surface area contributed by atoms with Crippen LogP contribution in [0.3, 0.4) is 0 Å². The number of nitrogens with one attached hydrogen (secondary N) is 1. The van der Waals surface area contributed by atoms with Crippen LogP contribution >= 0.6 is 11.6 Å². The van der Waals surface area contributed by atoms with Crippen LogP contribution in [0.1, 0.15) is 48.4 Å². The van der Waals surface area contributed by atoms with E-state index in [0.717, 1.165) is 63.4 Å². The summed E-state index contributed by atoms with van der Waals surface area (Å²) in [6.45, 7) is 6.58. The topological polar surface area (TPSA) is 54.7 Å². The summed E-state index contributed by atoms with van der Waals surface area (Å²) in [6.07, 6.45) is 6.52. The van der Waals surface area contributed by atoms with Crippen LogP contribution in [0, 0.1) is 5.92 Å². The van der Waals surface area contributed by atoms with Crippen molar-refractivity contribution in [1.82, 2.24) is 24.8 Å². The van der Waals surface area contributed by atoms with Crippen LogP contribution in [-0.2, 0) is 17.8 Å². The minimum absolute atomic E-state index is 0.428. The molecule has 4 heterocycles. The van der Waals surface area contributed by atoms with E-state index < -0.39 is 0 Å². The molecule has 0 radical (unpaired) electrons. The second kappa shape index (κ2) is 10.3. The molecule has 0 saturated carbocycles. The molecule has 2 fully saturated rings. The lowest BCUT2D eigenvalue weighted by Gasteiger charge is -2.33. The standard InChI is InChI=1S/C25H32ClN5O/c26-24-22(16-27-15-19-9-13-32-14-10-19)25-28-11-8-23(31(25)29-24)21-7-4-12-30(18-21)17-20-5-2-1-3-6-20/h1-3,5-6,8,11,19,21,27H,4,7,9-10,12-18H2/t21-/m0/s1. The number of aromatic nitrogens is 3. The molecule has 0 aliphatic carbocycles. The first kappa shape index (κ1) is 21.8. The number of hydrogen-bond donors (Lipinski definition) is 1. The molecular formula is C25H32ClN5O. The fraction of sp³-hybridized carbons (Fsp3) is 0.520. The Morgan fingerprint density at radius 3 is 2.78 bits per heavy atom. The number of ether oxygens (including phenoxy) is 1. The van der Waals surface area contributed by atoms with Crippen molar-refractivity contribution in [1.29, 1.82) is 0 Å². The highest BCUT2D eigenvalue weighted by atomic mass is 35.5. The highest BCUT2D eigenvalue weighted by Crippen LogP contribution is 2.30. The maximum Gasteiger partial charge on any atom is 0.161 e. The molecule has 170 valence electrons. The number of likely N-dealkylation sites (tertiary alicyclic amines) is 1. The number of fused-ring (bicyclic) bond motifs is 1.